The van der Waals surface area contributed by atoms with Gasteiger partial charge in [0.15, 0.2) is 0 Å². The van der Waals surface area contributed by atoms with Crippen molar-refractivity contribution in [2.75, 3.05) is 40.9 Å². The van der Waals surface area contributed by atoms with E-state index in [9.17, 15) is 19.4 Å². The van der Waals surface area contributed by atoms with Gasteiger partial charge in [-0.1, -0.05) is 267 Å². The van der Waals surface area contributed by atoms with Crippen molar-refractivity contribution < 1.29 is 32.9 Å². The quantitative estimate of drug-likeness (QED) is 0.0243. The minimum Gasteiger partial charge on any atom is -0.387 e. The first-order chi connectivity index (χ1) is 34.5. The van der Waals surface area contributed by atoms with E-state index in [2.05, 4.69) is 79.9 Å². The topological polar surface area (TPSA) is 105 Å². The van der Waals surface area contributed by atoms with Crippen LogP contribution in [0, 0.1) is 0 Å². The Hall–Kier alpha value is -2.06. The Bertz CT molecular complexity index is 1380. The number of amides is 1. The lowest BCUT2D eigenvalue weighted by molar-refractivity contribution is -0.870. The van der Waals surface area contributed by atoms with Crippen LogP contribution in [0.5, 0.6) is 0 Å². The summed E-state index contributed by atoms with van der Waals surface area (Å²) in [5.74, 6) is -0.178. The second-order valence-corrected chi connectivity index (χ2v) is 22.8. The lowest BCUT2D eigenvalue weighted by Gasteiger charge is -2.25. The highest BCUT2D eigenvalue weighted by Gasteiger charge is 2.27. The zero-order valence-electron chi connectivity index (χ0n) is 47.2. The third-order valence-electron chi connectivity index (χ3n) is 13.2. The molecule has 71 heavy (non-hydrogen) atoms. The van der Waals surface area contributed by atoms with Crippen molar-refractivity contribution in [1.29, 1.82) is 0 Å². The number of quaternary nitrogens is 1. The number of carbonyl (C=O) groups is 1. The van der Waals surface area contributed by atoms with Crippen molar-refractivity contribution >= 4 is 13.7 Å². The normalized spacial score (nSPS) is 14.4. The van der Waals surface area contributed by atoms with Gasteiger partial charge in [0.2, 0.25) is 5.91 Å². The molecule has 3 atom stereocenters. The van der Waals surface area contributed by atoms with E-state index in [0.29, 0.717) is 17.4 Å². The minimum atomic E-state index is -4.35. The van der Waals surface area contributed by atoms with Gasteiger partial charge in [-0.3, -0.25) is 13.8 Å². The fourth-order valence-corrected chi connectivity index (χ4v) is 9.28. The minimum absolute atomic E-state index is 0.0596. The molecule has 0 aromatic carbocycles. The Labute approximate surface area is 440 Å². The van der Waals surface area contributed by atoms with E-state index in [1.54, 1.807) is 6.08 Å². The van der Waals surface area contributed by atoms with Crippen LogP contribution in [0.2, 0.25) is 0 Å². The van der Waals surface area contributed by atoms with Crippen molar-refractivity contribution in [3.8, 4) is 0 Å². The first-order valence-corrected chi connectivity index (χ1v) is 31.3. The van der Waals surface area contributed by atoms with Crippen molar-refractivity contribution in [1.82, 2.24) is 5.32 Å². The number of phosphoric ester groups is 1. The molecular formula is C62H116N2O6P+. The van der Waals surface area contributed by atoms with E-state index in [1.807, 2.05) is 27.2 Å². The van der Waals surface area contributed by atoms with Gasteiger partial charge in [0.1, 0.15) is 13.2 Å². The number of rotatable bonds is 54. The molecule has 0 fully saturated rings. The molecule has 3 unspecified atom stereocenters. The number of nitrogens with one attached hydrogen (secondary N) is 1. The lowest BCUT2D eigenvalue weighted by Crippen LogP contribution is -2.45. The zero-order chi connectivity index (χ0) is 52.0. The summed E-state index contributed by atoms with van der Waals surface area (Å²) in [4.78, 5) is 23.3. The molecule has 0 aromatic heterocycles. The molecule has 0 aromatic rings. The standard InChI is InChI=1S/C62H115N2O6P/c1-6-8-10-12-14-16-18-20-22-24-26-28-29-30-31-32-33-34-35-36-38-40-42-44-46-48-50-52-54-56-62(66)63-60(59-70-71(67,68)69-58-57-64(3,4)5)61(65)55-53-51-49-47-45-43-41-39-37-27-25-23-21-19-17-15-13-11-9-7-2/h8,10,14,16,20,22,26,28,30-31,53,55,60-61,65H,6-7,9,11-13,15,17-19,21,23-25,27,29,32-52,54,56-59H2,1-5H3,(H-,63,66,67,68)/p+1/b10-8-,16-14-,22-20-,28-26-,31-30-,55-53+. The van der Waals surface area contributed by atoms with Crippen LogP contribution in [0.1, 0.15) is 264 Å². The summed E-state index contributed by atoms with van der Waals surface area (Å²) in [5, 5.41) is 14.0. The van der Waals surface area contributed by atoms with E-state index in [1.165, 1.54) is 173 Å². The van der Waals surface area contributed by atoms with Gasteiger partial charge in [0.25, 0.3) is 0 Å². The lowest BCUT2D eigenvalue weighted by atomic mass is 10.0. The highest BCUT2D eigenvalue weighted by Crippen LogP contribution is 2.43. The van der Waals surface area contributed by atoms with Crippen LogP contribution in [0.15, 0.2) is 72.9 Å². The molecule has 3 N–H and O–H groups in total. The first kappa shape index (κ1) is 68.9. The molecule has 0 saturated carbocycles. The van der Waals surface area contributed by atoms with Crippen LogP contribution in [0.3, 0.4) is 0 Å². The second-order valence-electron chi connectivity index (χ2n) is 21.3. The number of hydrogen-bond acceptors (Lipinski definition) is 5. The van der Waals surface area contributed by atoms with Gasteiger partial charge in [0.05, 0.1) is 39.9 Å². The van der Waals surface area contributed by atoms with Gasteiger partial charge in [-0.2, -0.15) is 0 Å². The molecule has 8 nitrogen and oxygen atoms in total. The number of aliphatic hydroxyl groups excluding tert-OH is 1. The van der Waals surface area contributed by atoms with Crippen LogP contribution >= 0.6 is 7.82 Å². The van der Waals surface area contributed by atoms with Gasteiger partial charge in [-0.05, 0) is 64.2 Å². The first-order valence-electron chi connectivity index (χ1n) is 29.8. The Morgan fingerprint density at radius 3 is 1.24 bits per heavy atom. The summed E-state index contributed by atoms with van der Waals surface area (Å²) >= 11 is 0. The average Bonchev–Trinajstić information content (AvgIpc) is 3.33. The summed E-state index contributed by atoms with van der Waals surface area (Å²) < 4.78 is 23.7. The molecule has 0 aliphatic carbocycles. The summed E-state index contributed by atoms with van der Waals surface area (Å²) in [6.07, 6.45) is 72.8. The van der Waals surface area contributed by atoms with Gasteiger partial charge in [-0.15, -0.1) is 0 Å². The second kappa shape index (κ2) is 52.8. The number of nitrogens with zero attached hydrogens (tertiary/aromatic N) is 1. The van der Waals surface area contributed by atoms with Crippen LogP contribution in [-0.2, 0) is 18.4 Å². The average molecular weight is 1020 g/mol. The van der Waals surface area contributed by atoms with Gasteiger partial charge in [-0.25, -0.2) is 4.57 Å². The monoisotopic (exact) mass is 1020 g/mol. The predicted octanol–water partition coefficient (Wildman–Crippen LogP) is 18.3. The molecule has 414 valence electrons. The number of likely N-dealkylation sites (N-methyl/N-ethyl adjacent to an activating group) is 1. The van der Waals surface area contributed by atoms with Crippen LogP contribution in [-0.4, -0.2) is 73.4 Å². The smallest absolute Gasteiger partial charge is 0.387 e. The summed E-state index contributed by atoms with van der Waals surface area (Å²) in [6, 6.07) is -0.851. The number of allylic oxidation sites excluding steroid dienone is 11. The van der Waals surface area contributed by atoms with Crippen molar-refractivity contribution in [3.05, 3.63) is 72.9 Å². The molecule has 1 amide bonds. The molecule has 0 aliphatic heterocycles. The van der Waals surface area contributed by atoms with Gasteiger partial charge >= 0.3 is 7.82 Å². The fraction of sp³-hybridized carbons (Fsp3) is 0.790. The van der Waals surface area contributed by atoms with Crippen molar-refractivity contribution in [2.24, 2.45) is 0 Å². The fourth-order valence-electron chi connectivity index (χ4n) is 8.54. The van der Waals surface area contributed by atoms with Crippen LogP contribution in [0.25, 0.3) is 0 Å². The largest absolute Gasteiger partial charge is 0.472 e. The number of aliphatic hydroxyl groups is 1. The number of hydrogen-bond donors (Lipinski definition) is 3. The Kier molecular flexibility index (Phi) is 51.3. The summed E-state index contributed by atoms with van der Waals surface area (Å²) in [6.45, 7) is 4.72. The molecule has 0 rings (SSSR count). The molecule has 0 aliphatic rings. The van der Waals surface area contributed by atoms with E-state index >= 15 is 0 Å². The van der Waals surface area contributed by atoms with Crippen LogP contribution in [0.4, 0.5) is 0 Å². The third kappa shape index (κ3) is 55.5. The molecule has 9 heteroatoms. The van der Waals surface area contributed by atoms with E-state index in [-0.39, 0.29) is 19.1 Å². The Morgan fingerprint density at radius 2 is 0.845 bits per heavy atom. The predicted molar refractivity (Wildman–Crippen MR) is 309 cm³/mol. The highest BCUT2D eigenvalue weighted by molar-refractivity contribution is 7.47. The Morgan fingerprint density at radius 1 is 0.493 bits per heavy atom. The number of carbonyl (C=O) groups excluding carboxylic acids is 1. The highest BCUT2D eigenvalue weighted by atomic mass is 31.2. The van der Waals surface area contributed by atoms with Crippen molar-refractivity contribution in [2.45, 2.75) is 276 Å². The Balaban J connectivity index is 4.18. The number of unbranched alkanes of at least 4 members (excludes halogenated alkanes) is 31. The van der Waals surface area contributed by atoms with Crippen molar-refractivity contribution in [3.63, 3.8) is 0 Å². The van der Waals surface area contributed by atoms with Gasteiger partial charge in [0, 0.05) is 6.42 Å². The summed E-state index contributed by atoms with van der Waals surface area (Å²) in [5.41, 5.74) is 0. The maximum absolute atomic E-state index is 13.0. The maximum Gasteiger partial charge on any atom is 0.472 e. The third-order valence-corrected chi connectivity index (χ3v) is 14.2. The molecule has 0 spiro atoms. The number of phosphoric acid groups is 1. The van der Waals surface area contributed by atoms with E-state index in [4.69, 9.17) is 9.05 Å². The molecule has 0 bridgehead atoms. The molecule has 0 heterocycles. The zero-order valence-corrected chi connectivity index (χ0v) is 48.1. The van der Waals surface area contributed by atoms with Gasteiger partial charge < -0.3 is 19.8 Å². The molecule has 0 saturated heterocycles. The van der Waals surface area contributed by atoms with Crippen LogP contribution < -0.4 is 5.32 Å². The summed E-state index contributed by atoms with van der Waals surface area (Å²) in [7, 11) is 1.57. The van der Waals surface area contributed by atoms with E-state index < -0.39 is 20.0 Å². The maximum atomic E-state index is 13.0. The van der Waals surface area contributed by atoms with E-state index in [0.717, 1.165) is 70.6 Å². The molecule has 0 radical (unpaired) electrons. The SMILES string of the molecule is CC/C=C\C/C=C\C/C=C\C/C=C\C/C=C\CCCCCCCCCCCCCCCC(=O)NC(COP(=O)(O)OCC[N+](C)(C)C)C(O)/C=C/CCCCCCCCCCCCCCCCCCCC. The molecular weight excluding hydrogens is 900 g/mol.